The van der Waals surface area contributed by atoms with Crippen molar-refractivity contribution in [3.63, 3.8) is 0 Å². The van der Waals surface area contributed by atoms with Crippen molar-refractivity contribution in [2.75, 3.05) is 46.9 Å². The molecule has 0 radical (unpaired) electrons. The van der Waals surface area contributed by atoms with E-state index in [4.69, 9.17) is 36.8 Å². The van der Waals surface area contributed by atoms with Crippen molar-refractivity contribution in [3.05, 3.63) is 54.0 Å². The molecule has 0 aliphatic heterocycles. The van der Waals surface area contributed by atoms with E-state index in [1.54, 1.807) is 20.8 Å². The van der Waals surface area contributed by atoms with Gasteiger partial charge in [-0.15, -0.1) is 11.6 Å². The fourth-order valence-corrected chi connectivity index (χ4v) is 9.25. The molecule has 16 heteroatoms. The summed E-state index contributed by atoms with van der Waals surface area (Å²) in [6.45, 7) is 25.3. The summed E-state index contributed by atoms with van der Waals surface area (Å²) in [5.41, 5.74) is 0.324. The Morgan fingerprint density at radius 1 is 0.868 bits per heavy atom. The predicted octanol–water partition coefficient (Wildman–Crippen LogP) is 8.03. The molecule has 0 aromatic heterocycles. The Bertz CT molecular complexity index is 1430. The summed E-state index contributed by atoms with van der Waals surface area (Å²) in [6.07, 6.45) is 3.37. The molecule has 306 valence electrons. The minimum absolute atomic E-state index is 0.0928. The molecule has 0 saturated heterocycles. The summed E-state index contributed by atoms with van der Waals surface area (Å²) >= 11 is 4.19. The fraction of sp³-hybridized carbons (Fsp3) is 0.676. The molecule has 1 aromatic rings. The van der Waals surface area contributed by atoms with Crippen LogP contribution in [-0.2, 0) is 48.1 Å². The number of carbonyl (C=O) groups is 1. The number of esters is 1. The van der Waals surface area contributed by atoms with Gasteiger partial charge >= 0.3 is 143 Å². The maximum atomic E-state index is 14.6. The van der Waals surface area contributed by atoms with E-state index in [1.165, 1.54) is 6.38 Å². The van der Waals surface area contributed by atoms with Crippen molar-refractivity contribution in [3.8, 4) is 11.0 Å². The van der Waals surface area contributed by atoms with E-state index >= 15 is 0 Å². The molecular formula is C37H65ClNO11P2Se+. The zero-order valence-corrected chi connectivity index (χ0v) is 38.1. The van der Waals surface area contributed by atoms with Crippen LogP contribution in [0.15, 0.2) is 42.9 Å². The Morgan fingerprint density at radius 3 is 1.83 bits per heavy atom. The molecule has 3 unspecified atom stereocenters. The van der Waals surface area contributed by atoms with Crippen LogP contribution < -0.4 is 8.72 Å². The zero-order valence-electron chi connectivity index (χ0n) is 33.9. The van der Waals surface area contributed by atoms with Crippen molar-refractivity contribution in [1.29, 1.82) is 0 Å². The average Bonchev–Trinajstić information content (AvgIpc) is 3.03. The van der Waals surface area contributed by atoms with Gasteiger partial charge in [0.2, 0.25) is 6.79 Å². The average molecular weight is 876 g/mol. The number of aryl methyl sites for hydroxylation is 2. The molecule has 0 heterocycles. The van der Waals surface area contributed by atoms with Gasteiger partial charge in [0.15, 0.2) is 13.6 Å². The van der Waals surface area contributed by atoms with Gasteiger partial charge in [0.1, 0.15) is 0 Å². The molecule has 3 atom stereocenters. The van der Waals surface area contributed by atoms with Crippen LogP contribution in [0.1, 0.15) is 92.7 Å². The Morgan fingerprint density at radius 2 is 1.36 bits per heavy atom. The number of halogens is 1. The molecule has 0 fully saturated rings. The Kier molecular flexibility index (Phi) is 22.8. The molecule has 2 N–H and O–H groups in total. The number of hydrogen-bond acceptors (Lipinski definition) is 10. The minimum atomic E-state index is -4.84. The van der Waals surface area contributed by atoms with E-state index in [1.807, 2.05) is 73.7 Å². The molecule has 1 rings (SSSR count). The van der Waals surface area contributed by atoms with Crippen LogP contribution in [0, 0.1) is 28.4 Å². The Hall–Kier alpha value is -1.58. The summed E-state index contributed by atoms with van der Waals surface area (Å²) in [5, 5.41) is 4.02. The summed E-state index contributed by atoms with van der Waals surface area (Å²) < 4.78 is 67.2. The Balaban J connectivity index is 0.0000133. The first kappa shape index (κ1) is 51.4. The fourth-order valence-electron chi connectivity index (χ4n) is 4.31. The summed E-state index contributed by atoms with van der Waals surface area (Å²) in [6, 6.07) is 6.01. The molecule has 0 bridgehead atoms. The second-order valence-electron chi connectivity index (χ2n) is 15.6. The van der Waals surface area contributed by atoms with Crippen molar-refractivity contribution in [2.45, 2.75) is 100 Å². The molecule has 53 heavy (non-hydrogen) atoms. The van der Waals surface area contributed by atoms with E-state index in [2.05, 4.69) is 24.8 Å². The maximum absolute atomic E-state index is 14.6. The molecule has 0 spiro atoms. The Labute approximate surface area is 330 Å². The van der Waals surface area contributed by atoms with Crippen LogP contribution in [0.5, 0.6) is 5.75 Å². The monoisotopic (exact) mass is 876 g/mol. The van der Waals surface area contributed by atoms with Gasteiger partial charge in [-0.2, -0.15) is 0 Å². The van der Waals surface area contributed by atoms with E-state index < -0.39 is 77.8 Å². The third-order valence-corrected chi connectivity index (χ3v) is 13.6. The number of quaternary nitrogens is 1. The second-order valence-corrected chi connectivity index (χ2v) is 21.0. The van der Waals surface area contributed by atoms with Gasteiger partial charge in [-0.25, -0.2) is 0 Å². The normalized spacial score (nSPS) is 14.4. The number of hydrogen-bond donors (Lipinski definition) is 2. The number of ether oxygens (including phenoxy) is 3. The van der Waals surface area contributed by atoms with Gasteiger partial charge in [0.05, 0.1) is 16.9 Å². The van der Waals surface area contributed by atoms with Crippen LogP contribution in [0.25, 0.3) is 0 Å². The molecule has 1 aromatic carbocycles. The van der Waals surface area contributed by atoms with Crippen LogP contribution in [-0.4, -0.2) is 77.8 Å². The first-order chi connectivity index (χ1) is 24.3. The number of rotatable bonds is 22. The van der Waals surface area contributed by atoms with E-state index in [0.717, 1.165) is 41.2 Å². The number of nitrogens with one attached hydrogen (secondary N) is 1. The van der Waals surface area contributed by atoms with Gasteiger partial charge < -0.3 is 19.1 Å². The number of benzene rings is 1. The zero-order chi connectivity index (χ0) is 41.3. The molecule has 0 aliphatic carbocycles. The van der Waals surface area contributed by atoms with Crippen molar-refractivity contribution in [1.82, 2.24) is 0 Å². The number of allylic oxidation sites excluding steroid dienone is 2. The molecule has 12 nitrogen and oxygen atoms in total. The first-order valence-electron chi connectivity index (χ1n) is 17.3. The van der Waals surface area contributed by atoms with Gasteiger partial charge in [-0.3, -0.25) is 27.5 Å². The van der Waals surface area contributed by atoms with E-state index in [9.17, 15) is 18.8 Å². The third kappa shape index (κ3) is 19.2. The predicted molar refractivity (Wildman–Crippen MR) is 212 cm³/mol. The summed E-state index contributed by atoms with van der Waals surface area (Å²) in [7, 11) is -7.38. The van der Waals surface area contributed by atoms with Crippen LogP contribution >= 0.6 is 26.8 Å². The van der Waals surface area contributed by atoms with Gasteiger partial charge in [0.25, 0.3) is 0 Å². The van der Waals surface area contributed by atoms with Crippen LogP contribution in [0.4, 0.5) is 0 Å². The molecule has 0 amide bonds. The molecule has 0 aliphatic rings. The molecule has 0 saturated carbocycles. The standard InChI is InChI=1S/C36H61NO11P2Se.CH3Cl/c1-27-18-15-19-30(32(27)48-51-14)20-16-22-37(13)23-17-21-31(49(39,40)45-26-44-33(38)36(10,11)12)50(41,46-24-42-28(2)34(4,5)6)47-25-43-29(3)35(7,8)9;1-2/h14-15,18-19,31H,2-3,16-17,20-26H2,1,4-13H3,(H,39,40);1H3/p+1. The van der Waals surface area contributed by atoms with Crippen LogP contribution in [0.3, 0.4) is 0 Å². The smallest absolute Gasteiger partial charge is 0.471 e. The van der Waals surface area contributed by atoms with Gasteiger partial charge in [-0.05, 0) is 20.8 Å². The number of carbonyl (C=O) groups excluding carboxylic acids is 1. The van der Waals surface area contributed by atoms with E-state index in [0.29, 0.717) is 24.5 Å². The quantitative estimate of drug-likeness (QED) is 0.0292. The van der Waals surface area contributed by atoms with Crippen LogP contribution in [0.2, 0.25) is 0 Å². The third-order valence-electron chi connectivity index (χ3n) is 7.93. The van der Waals surface area contributed by atoms with Crippen molar-refractivity contribution >= 4 is 47.4 Å². The van der Waals surface area contributed by atoms with Gasteiger partial charge in [0, 0.05) is 17.2 Å². The number of alkyl halides is 1. The topological polar surface area (TPSA) is 140 Å². The van der Waals surface area contributed by atoms with Crippen molar-refractivity contribution < 1.29 is 55.3 Å². The SMILES string of the molecule is C#[Se]Oc1c(C)cccc1CCC[NH+](C)CCCC(P(=O)(O)OCOC(=O)C(C)(C)C)P(=O)(OCOC(=C)C(C)(C)C)OCOC(=C)C(C)(C)C.CCl. The second kappa shape index (κ2) is 23.5. The van der Waals surface area contributed by atoms with E-state index in [-0.39, 0.29) is 6.42 Å². The molecular weight excluding hydrogens is 811 g/mol. The number of para-hydroxylation sites is 1. The van der Waals surface area contributed by atoms with Gasteiger partial charge in [-0.1, -0.05) is 54.7 Å². The minimum Gasteiger partial charge on any atom is -0.471 e. The summed E-state index contributed by atoms with van der Waals surface area (Å²) in [5.74, 6) is 0.878. The van der Waals surface area contributed by atoms with Crippen molar-refractivity contribution in [2.24, 2.45) is 16.2 Å². The summed E-state index contributed by atoms with van der Waals surface area (Å²) in [4.78, 5) is 24.8. The first-order valence-corrected chi connectivity index (χ1v) is 23.0.